The van der Waals surface area contributed by atoms with Gasteiger partial charge in [0, 0.05) is 54.7 Å². The molecule has 6 rings (SSSR count). The van der Waals surface area contributed by atoms with Gasteiger partial charge in [0.25, 0.3) is 6.02 Å². The number of nitrogens with one attached hydrogen (secondary N) is 1. The molecule has 0 bridgehead atoms. The first-order valence-electron chi connectivity index (χ1n) is 13.5. The zero-order valence-corrected chi connectivity index (χ0v) is 22.2. The predicted molar refractivity (Wildman–Crippen MR) is 146 cm³/mol. The maximum Gasteiger partial charge on any atom is 0.285 e. The lowest BCUT2D eigenvalue weighted by Crippen LogP contribution is -2.51. The molecule has 0 atom stereocenters. The molecule has 0 radical (unpaired) electrons. The summed E-state index contributed by atoms with van der Waals surface area (Å²) in [5, 5.41) is 8.67. The molecule has 1 spiro atoms. The van der Waals surface area contributed by atoms with Crippen molar-refractivity contribution in [3.8, 4) is 11.5 Å². The minimum Gasteiger partial charge on any atom is -0.457 e. The second-order valence-corrected chi connectivity index (χ2v) is 11.1. The van der Waals surface area contributed by atoms with E-state index in [9.17, 15) is 0 Å². The number of likely N-dealkylation sites (tertiary alicyclic amines) is 1. The fraction of sp³-hybridized carbons (Fsp3) is 0.433. The Bertz CT molecular complexity index is 1290. The molecule has 3 aromatic rings. The Morgan fingerprint density at radius 3 is 2.50 bits per heavy atom. The van der Waals surface area contributed by atoms with Crippen LogP contribution in [0.2, 0.25) is 0 Å². The number of nitrogens with zero attached hydrogens (tertiary/aromatic N) is 4. The van der Waals surface area contributed by atoms with Crippen LogP contribution in [0.4, 0.5) is 11.5 Å². The largest absolute Gasteiger partial charge is 0.457 e. The molecule has 0 amide bonds. The molecule has 0 unspecified atom stereocenters. The average molecular weight is 514 g/mol. The number of hydrogen-bond donors (Lipinski definition) is 1. The molecule has 8 heteroatoms. The Morgan fingerprint density at radius 2 is 1.74 bits per heavy atom. The molecule has 3 aliphatic rings. The van der Waals surface area contributed by atoms with E-state index in [1.807, 2.05) is 48.7 Å². The molecule has 3 aliphatic heterocycles. The van der Waals surface area contributed by atoms with Crippen molar-refractivity contribution in [3.05, 3.63) is 72.2 Å². The van der Waals surface area contributed by atoms with Crippen LogP contribution in [-0.4, -0.2) is 52.7 Å². The minimum absolute atomic E-state index is 0.00529. The van der Waals surface area contributed by atoms with E-state index >= 15 is 0 Å². The van der Waals surface area contributed by atoms with E-state index in [1.165, 1.54) is 0 Å². The number of fused-ring (bicyclic) bond motifs is 1. The number of aromatic nitrogens is 2. The Kier molecular flexibility index (Phi) is 6.43. The molecule has 198 valence electrons. The highest BCUT2D eigenvalue weighted by Crippen LogP contribution is 2.43. The van der Waals surface area contributed by atoms with Gasteiger partial charge < -0.3 is 24.0 Å². The summed E-state index contributed by atoms with van der Waals surface area (Å²) in [6.07, 6.45) is 6.00. The summed E-state index contributed by atoms with van der Waals surface area (Å²) in [6, 6.07) is 18.1. The highest BCUT2D eigenvalue weighted by Gasteiger charge is 2.44. The lowest BCUT2D eigenvalue weighted by atomic mass is 9.87. The second kappa shape index (κ2) is 9.91. The van der Waals surface area contributed by atoms with Gasteiger partial charge >= 0.3 is 0 Å². The van der Waals surface area contributed by atoms with Crippen LogP contribution >= 0.6 is 0 Å². The van der Waals surface area contributed by atoms with Crippen LogP contribution in [0.3, 0.4) is 0 Å². The number of amidine groups is 1. The summed E-state index contributed by atoms with van der Waals surface area (Å²) in [4.78, 5) is 13.9. The van der Waals surface area contributed by atoms with Gasteiger partial charge in [-0.1, -0.05) is 32.0 Å². The molecule has 4 heterocycles. The molecular formula is C30H35N5O3. The van der Waals surface area contributed by atoms with E-state index in [2.05, 4.69) is 40.8 Å². The fourth-order valence-corrected chi connectivity index (χ4v) is 5.99. The normalized spacial score (nSPS) is 19.4. The van der Waals surface area contributed by atoms with E-state index in [0.29, 0.717) is 5.82 Å². The van der Waals surface area contributed by atoms with Crippen molar-refractivity contribution in [2.45, 2.75) is 57.1 Å². The topological polar surface area (TPSA) is 83.8 Å². The van der Waals surface area contributed by atoms with Gasteiger partial charge in [0.1, 0.15) is 17.3 Å². The molecule has 8 nitrogen and oxygen atoms in total. The number of para-hydroxylation sites is 1. The van der Waals surface area contributed by atoms with Crippen LogP contribution in [0.15, 0.2) is 60.8 Å². The highest BCUT2D eigenvalue weighted by molar-refractivity contribution is 5.72. The molecule has 2 fully saturated rings. The van der Waals surface area contributed by atoms with Crippen LogP contribution in [0.5, 0.6) is 11.5 Å². The zero-order chi connectivity index (χ0) is 26.2. The van der Waals surface area contributed by atoms with Crippen LogP contribution in [0, 0.1) is 5.41 Å². The van der Waals surface area contributed by atoms with Gasteiger partial charge in [-0.2, -0.15) is 0 Å². The summed E-state index contributed by atoms with van der Waals surface area (Å²) >= 11 is 0. The standard InChI is InChI=1S/C30H35N5O3/c1-29(2)21-34(22-9-11-24(12-10-22)38-23-7-4-3-5-8-23)27-25(29)19-32-26(33-27)20-37-28(31)35-16-6-13-30(35)14-17-36-18-15-30/h3-5,7-12,19,31H,6,13-18,20-21H2,1-2H3. The van der Waals surface area contributed by atoms with Crippen molar-refractivity contribution < 1.29 is 14.2 Å². The first-order valence-corrected chi connectivity index (χ1v) is 13.5. The van der Waals surface area contributed by atoms with Crippen molar-refractivity contribution in [2.24, 2.45) is 0 Å². The van der Waals surface area contributed by atoms with Crippen molar-refractivity contribution in [1.82, 2.24) is 14.9 Å². The fourth-order valence-electron chi connectivity index (χ4n) is 5.99. The van der Waals surface area contributed by atoms with Gasteiger partial charge in [0.2, 0.25) is 0 Å². The highest BCUT2D eigenvalue weighted by atomic mass is 16.5. The summed E-state index contributed by atoms with van der Waals surface area (Å²) < 4.78 is 17.5. The van der Waals surface area contributed by atoms with Crippen molar-refractivity contribution in [2.75, 3.05) is 31.2 Å². The number of rotatable bonds is 5. The summed E-state index contributed by atoms with van der Waals surface area (Å²) in [5.41, 5.74) is 2.08. The van der Waals surface area contributed by atoms with Crippen LogP contribution in [-0.2, 0) is 21.5 Å². The second-order valence-electron chi connectivity index (χ2n) is 11.1. The number of ether oxygens (including phenoxy) is 3. The van der Waals surface area contributed by atoms with Gasteiger partial charge in [0.15, 0.2) is 12.4 Å². The first-order chi connectivity index (χ1) is 18.4. The lowest BCUT2D eigenvalue weighted by Gasteiger charge is -2.41. The number of benzene rings is 2. The third-order valence-electron chi connectivity index (χ3n) is 8.09. The van der Waals surface area contributed by atoms with Crippen molar-refractivity contribution in [3.63, 3.8) is 0 Å². The number of anilines is 2. The molecule has 1 N–H and O–H groups in total. The van der Waals surface area contributed by atoms with Crippen LogP contribution in [0.1, 0.15) is 50.9 Å². The molecule has 0 aliphatic carbocycles. The molecular weight excluding hydrogens is 478 g/mol. The molecule has 2 aromatic carbocycles. The Labute approximate surface area is 224 Å². The van der Waals surface area contributed by atoms with Crippen molar-refractivity contribution in [1.29, 1.82) is 5.41 Å². The van der Waals surface area contributed by atoms with Crippen molar-refractivity contribution >= 4 is 17.5 Å². The monoisotopic (exact) mass is 513 g/mol. The van der Waals surface area contributed by atoms with E-state index in [-0.39, 0.29) is 23.6 Å². The van der Waals surface area contributed by atoms with E-state index in [0.717, 1.165) is 80.6 Å². The Morgan fingerprint density at radius 1 is 1.00 bits per heavy atom. The Hall–Kier alpha value is -3.65. The van der Waals surface area contributed by atoms with Gasteiger partial charge in [-0.3, -0.25) is 5.41 Å². The maximum atomic E-state index is 8.67. The Balaban J connectivity index is 1.17. The van der Waals surface area contributed by atoms with Gasteiger partial charge in [0.05, 0.1) is 0 Å². The molecule has 1 aromatic heterocycles. The summed E-state index contributed by atoms with van der Waals surface area (Å²) in [6.45, 7) is 7.77. The SMILES string of the molecule is CC1(C)CN(c2ccc(Oc3ccccc3)cc2)c2nc(COC(=N)N3CCCC34CCOCC4)ncc21. The maximum absolute atomic E-state index is 8.67. The van der Waals surface area contributed by atoms with Crippen LogP contribution in [0.25, 0.3) is 0 Å². The minimum atomic E-state index is -0.0916. The number of hydrogen-bond acceptors (Lipinski definition) is 7. The quantitative estimate of drug-likeness (QED) is 0.341. The smallest absolute Gasteiger partial charge is 0.285 e. The summed E-state index contributed by atoms with van der Waals surface area (Å²) in [5.74, 6) is 3.08. The zero-order valence-electron chi connectivity index (χ0n) is 22.2. The first kappa shape index (κ1) is 24.7. The van der Waals surface area contributed by atoms with Crippen LogP contribution < -0.4 is 9.64 Å². The predicted octanol–water partition coefficient (Wildman–Crippen LogP) is 5.79. The molecule has 2 saturated heterocycles. The van der Waals surface area contributed by atoms with E-state index in [1.54, 1.807) is 0 Å². The van der Waals surface area contributed by atoms with Gasteiger partial charge in [-0.15, -0.1) is 0 Å². The van der Waals surface area contributed by atoms with Gasteiger partial charge in [-0.25, -0.2) is 9.97 Å². The average Bonchev–Trinajstić information content (AvgIpc) is 3.46. The molecule has 38 heavy (non-hydrogen) atoms. The van der Waals surface area contributed by atoms with E-state index in [4.69, 9.17) is 24.6 Å². The summed E-state index contributed by atoms with van der Waals surface area (Å²) in [7, 11) is 0. The van der Waals surface area contributed by atoms with E-state index < -0.39 is 0 Å². The third-order valence-corrected chi connectivity index (χ3v) is 8.09. The molecule has 0 saturated carbocycles. The van der Waals surface area contributed by atoms with Gasteiger partial charge in [-0.05, 0) is 62.1 Å². The third kappa shape index (κ3) is 4.69. The lowest BCUT2D eigenvalue weighted by molar-refractivity contribution is 0.00648.